The van der Waals surface area contributed by atoms with E-state index in [1.54, 1.807) is 4.31 Å². The molecule has 2 unspecified atom stereocenters. The third-order valence-electron chi connectivity index (χ3n) is 3.81. The molecular formula is C11H21ClN2O2S. The molecule has 0 amide bonds. The Hall–Kier alpha value is 0.160. The third kappa shape index (κ3) is 3.34. The zero-order chi connectivity index (χ0) is 12.3. The Morgan fingerprint density at radius 2 is 1.76 bits per heavy atom. The van der Waals surface area contributed by atoms with E-state index in [1.165, 1.54) is 6.42 Å². The van der Waals surface area contributed by atoms with E-state index in [4.69, 9.17) is 11.6 Å². The molecule has 2 rings (SSSR count). The van der Waals surface area contributed by atoms with E-state index >= 15 is 0 Å². The van der Waals surface area contributed by atoms with E-state index < -0.39 is 10.2 Å². The fourth-order valence-electron chi connectivity index (χ4n) is 2.74. The van der Waals surface area contributed by atoms with E-state index in [0.717, 1.165) is 32.1 Å². The van der Waals surface area contributed by atoms with Gasteiger partial charge in [0.05, 0.1) is 0 Å². The van der Waals surface area contributed by atoms with E-state index in [2.05, 4.69) is 4.72 Å². The number of rotatable bonds is 4. The largest absolute Gasteiger partial charge is 0.279 e. The maximum Gasteiger partial charge on any atom is 0.279 e. The highest BCUT2D eigenvalue weighted by atomic mass is 35.5. The molecule has 6 heteroatoms. The third-order valence-corrected chi connectivity index (χ3v) is 5.85. The Morgan fingerprint density at radius 1 is 1.12 bits per heavy atom. The molecule has 1 saturated heterocycles. The molecule has 0 aromatic rings. The minimum atomic E-state index is -3.28. The SMILES string of the molecule is O=S(=O)(NC1CCCCC1CCl)N1CCCC1. The maximum absolute atomic E-state index is 12.1. The van der Waals surface area contributed by atoms with Crippen molar-refractivity contribution in [2.24, 2.45) is 5.92 Å². The Kier molecular flexibility index (Phi) is 4.69. The van der Waals surface area contributed by atoms with Crippen LogP contribution in [0.1, 0.15) is 38.5 Å². The van der Waals surface area contributed by atoms with Gasteiger partial charge in [-0.2, -0.15) is 17.4 Å². The summed E-state index contributed by atoms with van der Waals surface area (Å²) in [5.41, 5.74) is 0. The summed E-state index contributed by atoms with van der Waals surface area (Å²) in [6, 6.07) is 0.0341. The molecule has 4 nitrogen and oxygen atoms in total. The smallest absolute Gasteiger partial charge is 0.199 e. The highest BCUT2D eigenvalue weighted by Gasteiger charge is 2.32. The van der Waals surface area contributed by atoms with Crippen LogP contribution < -0.4 is 4.72 Å². The van der Waals surface area contributed by atoms with Crippen LogP contribution >= 0.6 is 11.6 Å². The van der Waals surface area contributed by atoms with Gasteiger partial charge < -0.3 is 0 Å². The molecule has 0 bridgehead atoms. The molecule has 0 aromatic heterocycles. The van der Waals surface area contributed by atoms with Gasteiger partial charge in [-0.1, -0.05) is 12.8 Å². The topological polar surface area (TPSA) is 49.4 Å². The average Bonchev–Trinajstić information content (AvgIpc) is 2.83. The van der Waals surface area contributed by atoms with Crippen molar-refractivity contribution in [1.82, 2.24) is 9.03 Å². The highest BCUT2D eigenvalue weighted by Crippen LogP contribution is 2.26. The summed E-state index contributed by atoms with van der Waals surface area (Å²) in [4.78, 5) is 0. The van der Waals surface area contributed by atoms with Crippen LogP contribution in [0.4, 0.5) is 0 Å². The van der Waals surface area contributed by atoms with E-state index in [9.17, 15) is 8.42 Å². The second kappa shape index (κ2) is 5.87. The lowest BCUT2D eigenvalue weighted by Crippen LogP contribution is -2.48. The zero-order valence-electron chi connectivity index (χ0n) is 10.1. The summed E-state index contributed by atoms with van der Waals surface area (Å²) in [6.45, 7) is 1.32. The molecule has 1 N–H and O–H groups in total. The Balaban J connectivity index is 1.98. The van der Waals surface area contributed by atoms with Crippen LogP contribution in [0.15, 0.2) is 0 Å². The van der Waals surface area contributed by atoms with Gasteiger partial charge in [0.1, 0.15) is 0 Å². The quantitative estimate of drug-likeness (QED) is 0.797. The second-order valence-corrected chi connectivity index (χ2v) is 7.05. The minimum Gasteiger partial charge on any atom is -0.199 e. The molecule has 17 heavy (non-hydrogen) atoms. The number of alkyl halides is 1. The average molecular weight is 281 g/mol. The van der Waals surface area contributed by atoms with Gasteiger partial charge in [0, 0.05) is 25.0 Å². The van der Waals surface area contributed by atoms with Crippen molar-refractivity contribution in [2.45, 2.75) is 44.6 Å². The molecule has 2 fully saturated rings. The molecule has 2 atom stereocenters. The van der Waals surface area contributed by atoms with Crippen molar-refractivity contribution < 1.29 is 8.42 Å². The van der Waals surface area contributed by atoms with Gasteiger partial charge in [-0.3, -0.25) is 0 Å². The van der Waals surface area contributed by atoms with Gasteiger partial charge in [0.2, 0.25) is 0 Å². The first kappa shape index (κ1) is 13.6. The van der Waals surface area contributed by atoms with Crippen molar-refractivity contribution in [3.05, 3.63) is 0 Å². The van der Waals surface area contributed by atoms with Gasteiger partial charge in [0.25, 0.3) is 10.2 Å². The van der Waals surface area contributed by atoms with Gasteiger partial charge in [-0.25, -0.2) is 0 Å². The lowest BCUT2D eigenvalue weighted by Gasteiger charge is -2.31. The molecule has 1 aliphatic carbocycles. The highest BCUT2D eigenvalue weighted by molar-refractivity contribution is 7.87. The minimum absolute atomic E-state index is 0.0341. The van der Waals surface area contributed by atoms with Gasteiger partial charge >= 0.3 is 0 Å². The fourth-order valence-corrected chi connectivity index (χ4v) is 4.69. The van der Waals surface area contributed by atoms with Crippen molar-refractivity contribution in [3.63, 3.8) is 0 Å². The lowest BCUT2D eigenvalue weighted by molar-refractivity contribution is 0.307. The summed E-state index contributed by atoms with van der Waals surface area (Å²) in [5, 5.41) is 0. The molecule has 2 aliphatic rings. The number of nitrogens with zero attached hydrogens (tertiary/aromatic N) is 1. The lowest BCUT2D eigenvalue weighted by atomic mass is 9.86. The Bertz CT molecular complexity index is 341. The second-order valence-electron chi connectivity index (χ2n) is 5.03. The van der Waals surface area contributed by atoms with Crippen molar-refractivity contribution in [1.29, 1.82) is 0 Å². The monoisotopic (exact) mass is 280 g/mol. The zero-order valence-corrected chi connectivity index (χ0v) is 11.6. The first-order valence-electron chi connectivity index (χ1n) is 6.47. The molecule has 1 aliphatic heterocycles. The van der Waals surface area contributed by atoms with Crippen LogP contribution in [0.3, 0.4) is 0 Å². The normalized spacial score (nSPS) is 31.8. The van der Waals surface area contributed by atoms with Crippen LogP contribution in [0, 0.1) is 5.92 Å². The van der Waals surface area contributed by atoms with Gasteiger partial charge in [-0.05, 0) is 31.6 Å². The predicted octanol–water partition coefficient (Wildman–Crippen LogP) is 1.71. The standard InChI is InChI=1S/C11H21ClN2O2S/c12-9-10-5-1-2-6-11(10)13-17(15,16)14-7-3-4-8-14/h10-11,13H,1-9H2. The van der Waals surface area contributed by atoms with E-state index in [0.29, 0.717) is 24.9 Å². The maximum atomic E-state index is 12.1. The molecular weight excluding hydrogens is 260 g/mol. The van der Waals surface area contributed by atoms with Crippen LogP contribution in [-0.4, -0.2) is 37.7 Å². The van der Waals surface area contributed by atoms with Crippen LogP contribution in [0.5, 0.6) is 0 Å². The van der Waals surface area contributed by atoms with Gasteiger partial charge in [-0.15, -0.1) is 11.6 Å². The number of hydrogen-bond donors (Lipinski definition) is 1. The summed E-state index contributed by atoms with van der Waals surface area (Å²) in [6.07, 6.45) is 6.18. The Labute approximate surface area is 109 Å². The van der Waals surface area contributed by atoms with Crippen LogP contribution in [0.25, 0.3) is 0 Å². The molecule has 0 aromatic carbocycles. The fraction of sp³-hybridized carbons (Fsp3) is 1.00. The number of halogens is 1. The molecule has 1 saturated carbocycles. The number of hydrogen-bond acceptors (Lipinski definition) is 2. The molecule has 1 heterocycles. The summed E-state index contributed by atoms with van der Waals surface area (Å²) in [7, 11) is -3.28. The molecule has 0 spiro atoms. The van der Waals surface area contributed by atoms with Crippen molar-refractivity contribution in [2.75, 3.05) is 19.0 Å². The summed E-state index contributed by atoms with van der Waals surface area (Å²) in [5.74, 6) is 0.843. The van der Waals surface area contributed by atoms with Crippen molar-refractivity contribution in [3.8, 4) is 0 Å². The number of nitrogens with one attached hydrogen (secondary N) is 1. The first-order chi connectivity index (χ1) is 8.13. The first-order valence-corrected chi connectivity index (χ1v) is 8.44. The van der Waals surface area contributed by atoms with Crippen molar-refractivity contribution >= 4 is 21.8 Å². The van der Waals surface area contributed by atoms with Crippen LogP contribution in [-0.2, 0) is 10.2 Å². The van der Waals surface area contributed by atoms with Gasteiger partial charge in [0.15, 0.2) is 0 Å². The van der Waals surface area contributed by atoms with E-state index in [-0.39, 0.29) is 6.04 Å². The summed E-state index contributed by atoms with van der Waals surface area (Å²) < 4.78 is 28.7. The molecule has 100 valence electrons. The Morgan fingerprint density at radius 3 is 2.41 bits per heavy atom. The van der Waals surface area contributed by atoms with Crippen LogP contribution in [0.2, 0.25) is 0 Å². The predicted molar refractivity (Wildman–Crippen MR) is 69.3 cm³/mol. The van der Waals surface area contributed by atoms with E-state index in [1.807, 2.05) is 0 Å². The summed E-state index contributed by atoms with van der Waals surface area (Å²) >= 11 is 5.92. The molecule has 0 radical (unpaired) electrons.